The van der Waals surface area contributed by atoms with Crippen molar-refractivity contribution >= 4 is 56.6 Å². The number of aromatic nitrogens is 4. The van der Waals surface area contributed by atoms with Gasteiger partial charge in [0.1, 0.15) is 17.7 Å². The van der Waals surface area contributed by atoms with Crippen LogP contribution in [0.15, 0.2) is 85.5 Å². The molecule has 1 atom stereocenters. The summed E-state index contributed by atoms with van der Waals surface area (Å²) in [5.74, 6) is 0.396. The third-order valence-corrected chi connectivity index (χ3v) is 13.8. The highest BCUT2D eigenvalue weighted by Gasteiger charge is 2.33. The highest BCUT2D eigenvalue weighted by Crippen LogP contribution is 2.38. The highest BCUT2D eigenvalue weighted by molar-refractivity contribution is 7.90. The van der Waals surface area contributed by atoms with Gasteiger partial charge in [0.25, 0.3) is 0 Å². The van der Waals surface area contributed by atoms with Gasteiger partial charge in [0, 0.05) is 118 Å². The van der Waals surface area contributed by atoms with E-state index in [-0.39, 0.29) is 48.1 Å². The Kier molecular flexibility index (Phi) is 11.8. The smallest absolute Gasteiger partial charge is 0.328 e. The minimum absolute atomic E-state index is 0.00594. The monoisotopic (exact) mass is 885 g/mol. The van der Waals surface area contributed by atoms with E-state index in [1.165, 1.54) is 12.1 Å². The van der Waals surface area contributed by atoms with E-state index < -0.39 is 28.2 Å². The lowest BCUT2D eigenvalue weighted by molar-refractivity contribution is -0.120. The van der Waals surface area contributed by atoms with Crippen molar-refractivity contribution in [3.05, 3.63) is 96.3 Å². The van der Waals surface area contributed by atoms with Crippen LogP contribution < -0.4 is 24.7 Å². The summed E-state index contributed by atoms with van der Waals surface area (Å²) in [5, 5.41) is 7.33. The van der Waals surface area contributed by atoms with Gasteiger partial charge in [0.05, 0.1) is 23.3 Å². The Balaban J connectivity index is 0.825. The van der Waals surface area contributed by atoms with Gasteiger partial charge in [-0.3, -0.25) is 29.6 Å². The fraction of sp³-hybridized carbons (Fsp3) is 0.372. The van der Waals surface area contributed by atoms with Crippen LogP contribution in [0.1, 0.15) is 25.7 Å². The average Bonchev–Trinajstić information content (AvgIpc) is 3.94. The first-order valence-electron chi connectivity index (χ1n) is 20.8. The molecule has 0 aliphatic carbocycles. The number of nitrogens with zero attached hydrogens (tertiary/aromatic N) is 9. The third-order valence-electron chi connectivity index (χ3n) is 12.1. The highest BCUT2D eigenvalue weighted by atomic mass is 35.5. The summed E-state index contributed by atoms with van der Waals surface area (Å²) in [6.45, 7) is 6.62. The van der Waals surface area contributed by atoms with Gasteiger partial charge in [-0.15, -0.1) is 0 Å². The van der Waals surface area contributed by atoms with Gasteiger partial charge in [0.15, 0.2) is 5.82 Å². The number of carbonyl (C=O) groups excluding carboxylic acids is 2. The summed E-state index contributed by atoms with van der Waals surface area (Å²) >= 11 is 6.47. The van der Waals surface area contributed by atoms with E-state index in [0.29, 0.717) is 35.0 Å². The molecule has 15 nitrogen and oxygen atoms in total. The molecule has 9 rings (SSSR count). The van der Waals surface area contributed by atoms with Gasteiger partial charge >= 0.3 is 16.2 Å². The molecule has 0 spiro atoms. The number of piperidine rings is 1. The number of halogens is 3. The van der Waals surface area contributed by atoms with Crippen LogP contribution in [0.3, 0.4) is 0 Å². The second-order valence-electron chi connectivity index (χ2n) is 16.1. The molecule has 2 aromatic carbocycles. The van der Waals surface area contributed by atoms with Crippen LogP contribution in [0.2, 0.25) is 5.02 Å². The number of anilines is 4. The number of alkyl halides is 1. The number of pyridine rings is 2. The van der Waals surface area contributed by atoms with E-state index in [2.05, 4.69) is 46.8 Å². The van der Waals surface area contributed by atoms with Gasteiger partial charge < -0.3 is 9.80 Å². The molecule has 0 unspecified atom stereocenters. The Morgan fingerprint density at radius 3 is 2.23 bits per heavy atom. The summed E-state index contributed by atoms with van der Waals surface area (Å²) in [5.41, 5.74) is 3.73. The van der Waals surface area contributed by atoms with Gasteiger partial charge in [-0.25, -0.2) is 23.2 Å². The normalized spacial score (nSPS) is 19.6. The van der Waals surface area contributed by atoms with Crippen LogP contribution >= 0.6 is 11.6 Å². The van der Waals surface area contributed by atoms with Crippen LogP contribution in [0.4, 0.5) is 36.5 Å². The zero-order valence-corrected chi connectivity index (χ0v) is 35.4. The summed E-state index contributed by atoms with van der Waals surface area (Å²) < 4.78 is 61.3. The molecule has 62 heavy (non-hydrogen) atoms. The minimum atomic E-state index is -4.23. The van der Waals surface area contributed by atoms with Gasteiger partial charge in [-0.05, 0) is 85.8 Å². The molecule has 19 heteroatoms. The first-order valence-corrected chi connectivity index (χ1v) is 22.6. The maximum atomic E-state index is 16.4. The van der Waals surface area contributed by atoms with Crippen molar-refractivity contribution in [2.45, 2.75) is 31.9 Å². The van der Waals surface area contributed by atoms with E-state index in [4.69, 9.17) is 16.7 Å². The van der Waals surface area contributed by atoms with Crippen LogP contribution in [-0.4, -0.2) is 121 Å². The fourth-order valence-electron chi connectivity index (χ4n) is 8.65. The molecule has 3 aromatic heterocycles. The SMILES string of the molecule is O=C1CCN(c2ccc(N3CCC(CN4CCN(c5ccc(-n6cc(-c7cc(Cl)cc(NS(=O)(=O)N8CC[C@@H](F)C8)c7F)c(-c7ccncc7)n6)cc5)CC4)CC3)nc2)C(=O)N1. The maximum absolute atomic E-state index is 16.4. The van der Waals surface area contributed by atoms with E-state index in [0.717, 1.165) is 80.2 Å². The molecular formula is C43H46ClF2N11O4S. The van der Waals surface area contributed by atoms with Crippen LogP contribution in [0.25, 0.3) is 28.1 Å². The first-order chi connectivity index (χ1) is 30.0. The molecule has 7 heterocycles. The van der Waals surface area contributed by atoms with Crippen molar-refractivity contribution in [2.24, 2.45) is 5.92 Å². The number of rotatable bonds is 11. The quantitative estimate of drug-likeness (QED) is 0.162. The number of benzene rings is 2. The van der Waals surface area contributed by atoms with Crippen LogP contribution in [0.5, 0.6) is 0 Å². The maximum Gasteiger partial charge on any atom is 0.328 e. The minimum Gasteiger partial charge on any atom is -0.369 e. The molecule has 0 bridgehead atoms. The number of hydrogen-bond donors (Lipinski definition) is 2. The number of urea groups is 1. The van der Waals surface area contributed by atoms with Crippen LogP contribution in [-0.2, 0) is 15.0 Å². The number of amides is 3. The van der Waals surface area contributed by atoms with Crippen LogP contribution in [0, 0.1) is 11.7 Å². The zero-order valence-electron chi connectivity index (χ0n) is 33.8. The molecular weight excluding hydrogens is 840 g/mol. The molecule has 2 N–H and O–H groups in total. The number of hydrogen-bond acceptors (Lipinski definition) is 10. The number of carbonyl (C=O) groups is 2. The Labute approximate surface area is 363 Å². The zero-order chi connectivity index (χ0) is 43.0. The number of imide groups is 1. The topological polar surface area (TPSA) is 152 Å². The second-order valence-corrected chi connectivity index (χ2v) is 18.2. The first kappa shape index (κ1) is 41.7. The molecule has 5 aromatic rings. The van der Waals surface area contributed by atoms with Crippen molar-refractivity contribution < 1.29 is 26.8 Å². The lowest BCUT2D eigenvalue weighted by atomic mass is 9.96. The van der Waals surface area contributed by atoms with Crippen molar-refractivity contribution in [3.63, 3.8) is 0 Å². The molecule has 324 valence electrons. The Bertz CT molecular complexity index is 2530. The van der Waals surface area contributed by atoms with Crippen molar-refractivity contribution in [1.82, 2.24) is 34.3 Å². The fourth-order valence-corrected chi connectivity index (χ4v) is 10.1. The summed E-state index contributed by atoms with van der Waals surface area (Å²) in [7, 11) is -4.23. The standard InChI is InChI=1S/C43H46ClF2N11O4S/c44-31-23-36(41(46)38(24-31)51-62(60,61)55-17-11-32(45)27-55)37-28-57(50-42(37)30-7-13-47-14-8-30)34-3-1-33(2-4-34)53-21-19-52(20-22-53)26-29-9-15-54(16-10-29)39-6-5-35(25-48-39)56-18-12-40(58)49-43(56)59/h1-8,13-14,23-25,28-29,32,51H,9-12,15-22,26-27H2,(H,49,58,59)/t32-/m1/s1. The average molecular weight is 886 g/mol. The van der Waals surface area contributed by atoms with Crippen molar-refractivity contribution in [2.75, 3.05) is 84.9 Å². The molecule has 4 aliphatic heterocycles. The molecule has 0 saturated carbocycles. The molecule has 3 amide bonds. The summed E-state index contributed by atoms with van der Waals surface area (Å²) in [4.78, 5) is 41.3. The lowest BCUT2D eigenvalue weighted by Gasteiger charge is -2.40. The predicted molar refractivity (Wildman–Crippen MR) is 234 cm³/mol. The second kappa shape index (κ2) is 17.6. The van der Waals surface area contributed by atoms with Gasteiger partial charge in [-0.2, -0.15) is 17.8 Å². The Hall–Kier alpha value is -5.69. The molecule has 4 saturated heterocycles. The van der Waals surface area contributed by atoms with E-state index in [1.54, 1.807) is 46.5 Å². The third kappa shape index (κ3) is 8.95. The lowest BCUT2D eigenvalue weighted by Crippen LogP contribution is -2.49. The predicted octanol–water partition coefficient (Wildman–Crippen LogP) is 5.97. The van der Waals surface area contributed by atoms with Crippen molar-refractivity contribution in [3.8, 4) is 28.1 Å². The van der Waals surface area contributed by atoms with E-state index in [1.807, 2.05) is 24.3 Å². The Morgan fingerprint density at radius 2 is 1.55 bits per heavy atom. The van der Waals surface area contributed by atoms with Gasteiger partial charge in [0.2, 0.25) is 5.91 Å². The van der Waals surface area contributed by atoms with E-state index in [9.17, 15) is 22.4 Å². The molecule has 4 aliphatic rings. The summed E-state index contributed by atoms with van der Waals surface area (Å²) in [6, 6.07) is 17.7. The largest absolute Gasteiger partial charge is 0.369 e. The molecule has 0 radical (unpaired) electrons. The molecule has 4 fully saturated rings. The summed E-state index contributed by atoms with van der Waals surface area (Å²) in [6.07, 6.45) is 7.85. The number of nitrogens with one attached hydrogen (secondary N) is 2. The number of piperazine rings is 1. The van der Waals surface area contributed by atoms with Gasteiger partial charge in [-0.1, -0.05) is 11.6 Å². The Morgan fingerprint density at radius 1 is 0.823 bits per heavy atom. The van der Waals surface area contributed by atoms with E-state index >= 15 is 4.39 Å². The van der Waals surface area contributed by atoms with Crippen molar-refractivity contribution in [1.29, 1.82) is 0 Å².